The molecule has 2 aliphatic rings. The molecule has 5 nitrogen and oxygen atoms in total. The molecule has 0 aromatic heterocycles. The van der Waals surface area contributed by atoms with E-state index in [-0.39, 0.29) is 11.8 Å². The maximum atomic E-state index is 12.3. The number of carbonyl (C=O) groups excluding carboxylic acids is 2. The molecule has 0 spiro atoms. The van der Waals surface area contributed by atoms with Crippen LogP contribution in [0.2, 0.25) is 0 Å². The van der Waals surface area contributed by atoms with Crippen molar-refractivity contribution in [2.75, 3.05) is 36.8 Å². The van der Waals surface area contributed by atoms with Crippen molar-refractivity contribution in [3.05, 3.63) is 24.3 Å². The van der Waals surface area contributed by atoms with Crippen molar-refractivity contribution in [1.29, 1.82) is 0 Å². The van der Waals surface area contributed by atoms with Crippen molar-refractivity contribution in [1.82, 2.24) is 10.2 Å². The van der Waals surface area contributed by atoms with Crippen LogP contribution in [-0.4, -0.2) is 54.7 Å². The van der Waals surface area contributed by atoms with Crippen LogP contribution < -0.4 is 10.2 Å². The Bertz CT molecular complexity index is 614. The van der Waals surface area contributed by atoms with Gasteiger partial charge in [0.1, 0.15) is 0 Å². The first-order valence-corrected chi connectivity index (χ1v) is 10.2. The summed E-state index contributed by atoms with van der Waals surface area (Å²) < 4.78 is 0. The van der Waals surface area contributed by atoms with Gasteiger partial charge in [-0.2, -0.15) is 0 Å². The van der Waals surface area contributed by atoms with Gasteiger partial charge in [-0.3, -0.25) is 9.59 Å². The minimum Gasteiger partial charge on any atom is -0.353 e. The van der Waals surface area contributed by atoms with Crippen molar-refractivity contribution in [2.45, 2.75) is 43.5 Å². The highest BCUT2D eigenvalue weighted by Gasteiger charge is 2.25. The number of rotatable bonds is 6. The lowest BCUT2D eigenvalue weighted by atomic mass is 10.0. The number of carbonyl (C=O) groups is 2. The fourth-order valence-corrected chi connectivity index (χ4v) is 4.42. The standard InChI is InChI=1S/C19H27N3O2S/c1-2-18(23)20-15-8-12-21(13-9-15)10-5-11-22-16-6-3-4-7-17(16)25-14-19(22)24/h3-4,6-7,15H,2,5,8-14H2,1H3,(H,20,23). The Kier molecular flexibility index (Phi) is 6.37. The van der Waals surface area contributed by atoms with Gasteiger partial charge in [0, 0.05) is 37.0 Å². The molecule has 2 heterocycles. The first kappa shape index (κ1) is 18.3. The van der Waals surface area contributed by atoms with Crippen LogP contribution in [0, 0.1) is 0 Å². The van der Waals surface area contributed by atoms with E-state index in [0.29, 0.717) is 18.2 Å². The Morgan fingerprint density at radius 2 is 2.00 bits per heavy atom. The molecule has 0 bridgehead atoms. The molecule has 0 radical (unpaired) electrons. The topological polar surface area (TPSA) is 52.7 Å². The fourth-order valence-electron chi connectivity index (χ4n) is 3.48. The zero-order valence-corrected chi connectivity index (χ0v) is 15.7. The number of hydrogen-bond acceptors (Lipinski definition) is 4. The SMILES string of the molecule is CCC(=O)NC1CCN(CCCN2C(=O)CSc3ccccc32)CC1. The van der Waals surface area contributed by atoms with Crippen molar-refractivity contribution in [3.8, 4) is 0 Å². The summed E-state index contributed by atoms with van der Waals surface area (Å²) in [5, 5.41) is 3.09. The summed E-state index contributed by atoms with van der Waals surface area (Å²) in [6.45, 7) is 5.73. The molecule has 1 aromatic carbocycles. The highest BCUT2D eigenvalue weighted by atomic mass is 32.2. The average Bonchev–Trinajstić information content (AvgIpc) is 2.65. The van der Waals surface area contributed by atoms with Crippen molar-refractivity contribution in [2.24, 2.45) is 0 Å². The smallest absolute Gasteiger partial charge is 0.237 e. The Hall–Kier alpha value is -1.53. The van der Waals surface area contributed by atoms with Crippen LogP contribution in [-0.2, 0) is 9.59 Å². The van der Waals surface area contributed by atoms with Crippen LogP contribution in [0.4, 0.5) is 5.69 Å². The number of likely N-dealkylation sites (tertiary alicyclic amines) is 1. The molecule has 2 amide bonds. The van der Waals surface area contributed by atoms with E-state index in [9.17, 15) is 9.59 Å². The monoisotopic (exact) mass is 361 g/mol. The molecule has 0 saturated carbocycles. The molecule has 0 unspecified atom stereocenters. The van der Waals surface area contributed by atoms with Gasteiger partial charge >= 0.3 is 0 Å². The summed E-state index contributed by atoms with van der Waals surface area (Å²) >= 11 is 1.63. The minimum absolute atomic E-state index is 0.151. The number of anilines is 1. The van der Waals surface area contributed by atoms with Crippen molar-refractivity contribution in [3.63, 3.8) is 0 Å². The quantitative estimate of drug-likeness (QED) is 0.846. The van der Waals surface area contributed by atoms with Gasteiger partial charge in [-0.1, -0.05) is 19.1 Å². The summed E-state index contributed by atoms with van der Waals surface area (Å²) in [4.78, 5) is 29.3. The molecule has 1 aromatic rings. The zero-order valence-electron chi connectivity index (χ0n) is 14.9. The van der Waals surface area contributed by atoms with E-state index in [0.717, 1.165) is 51.1 Å². The predicted octanol–water partition coefficient (Wildman–Crippen LogP) is 2.51. The van der Waals surface area contributed by atoms with Crippen molar-refractivity contribution < 1.29 is 9.59 Å². The Morgan fingerprint density at radius 3 is 2.76 bits per heavy atom. The lowest BCUT2D eigenvalue weighted by Crippen LogP contribution is -2.45. The summed E-state index contributed by atoms with van der Waals surface area (Å²) in [7, 11) is 0. The van der Waals surface area contributed by atoms with Gasteiger partial charge < -0.3 is 15.1 Å². The number of amides is 2. The third kappa shape index (κ3) is 4.76. The number of hydrogen-bond donors (Lipinski definition) is 1. The maximum Gasteiger partial charge on any atom is 0.237 e. The molecular formula is C19H27N3O2S. The number of benzene rings is 1. The first-order valence-electron chi connectivity index (χ1n) is 9.21. The molecule has 136 valence electrons. The van der Waals surface area contributed by atoms with Crippen LogP contribution in [0.25, 0.3) is 0 Å². The highest BCUT2D eigenvalue weighted by molar-refractivity contribution is 8.00. The van der Waals surface area contributed by atoms with Crippen LogP contribution in [0.3, 0.4) is 0 Å². The summed E-state index contributed by atoms with van der Waals surface area (Å²) in [5.41, 5.74) is 1.06. The number of thioether (sulfide) groups is 1. The summed E-state index contributed by atoms with van der Waals surface area (Å²) in [5.74, 6) is 0.905. The zero-order chi connectivity index (χ0) is 17.6. The second kappa shape index (κ2) is 8.72. The predicted molar refractivity (Wildman–Crippen MR) is 102 cm³/mol. The van der Waals surface area contributed by atoms with Gasteiger partial charge in [0.25, 0.3) is 0 Å². The van der Waals surface area contributed by atoms with E-state index in [1.165, 1.54) is 4.90 Å². The van der Waals surface area contributed by atoms with E-state index < -0.39 is 0 Å². The number of nitrogens with zero attached hydrogens (tertiary/aromatic N) is 2. The number of para-hydroxylation sites is 1. The van der Waals surface area contributed by atoms with E-state index in [4.69, 9.17) is 0 Å². The molecule has 2 aliphatic heterocycles. The maximum absolute atomic E-state index is 12.3. The largest absolute Gasteiger partial charge is 0.353 e. The second-order valence-corrected chi connectivity index (χ2v) is 7.71. The Labute approximate surface area is 154 Å². The van der Waals surface area contributed by atoms with Crippen LogP contribution in [0.5, 0.6) is 0 Å². The lowest BCUT2D eigenvalue weighted by molar-refractivity contribution is -0.121. The van der Waals surface area contributed by atoms with Gasteiger partial charge in [0.15, 0.2) is 0 Å². The highest BCUT2D eigenvalue weighted by Crippen LogP contribution is 2.34. The molecular weight excluding hydrogens is 334 g/mol. The molecule has 1 saturated heterocycles. The van der Waals surface area contributed by atoms with E-state index in [1.807, 2.05) is 30.0 Å². The molecule has 6 heteroatoms. The number of fused-ring (bicyclic) bond motifs is 1. The van der Waals surface area contributed by atoms with Gasteiger partial charge in [0.05, 0.1) is 11.4 Å². The van der Waals surface area contributed by atoms with Gasteiger partial charge in [-0.05, 0) is 37.9 Å². The van der Waals surface area contributed by atoms with Crippen molar-refractivity contribution >= 4 is 29.3 Å². The van der Waals surface area contributed by atoms with E-state index in [1.54, 1.807) is 11.8 Å². The Morgan fingerprint density at radius 1 is 1.24 bits per heavy atom. The van der Waals surface area contributed by atoms with Crippen LogP contribution >= 0.6 is 11.8 Å². The fraction of sp³-hybridized carbons (Fsp3) is 0.579. The molecule has 25 heavy (non-hydrogen) atoms. The average molecular weight is 362 g/mol. The van der Waals surface area contributed by atoms with E-state index in [2.05, 4.69) is 16.3 Å². The number of piperidine rings is 1. The van der Waals surface area contributed by atoms with E-state index >= 15 is 0 Å². The summed E-state index contributed by atoms with van der Waals surface area (Å²) in [6.07, 6.45) is 3.59. The van der Waals surface area contributed by atoms with Gasteiger partial charge in [-0.15, -0.1) is 11.8 Å². The Balaban J connectivity index is 1.43. The normalized spacial score (nSPS) is 18.9. The second-order valence-electron chi connectivity index (χ2n) is 6.69. The van der Waals surface area contributed by atoms with Gasteiger partial charge in [0.2, 0.25) is 11.8 Å². The lowest BCUT2D eigenvalue weighted by Gasteiger charge is -2.33. The molecule has 3 rings (SSSR count). The third-order valence-electron chi connectivity index (χ3n) is 4.94. The molecule has 1 N–H and O–H groups in total. The molecule has 1 fully saturated rings. The van der Waals surface area contributed by atoms with Crippen LogP contribution in [0.1, 0.15) is 32.6 Å². The van der Waals surface area contributed by atoms with Gasteiger partial charge in [-0.25, -0.2) is 0 Å². The van der Waals surface area contributed by atoms with Crippen LogP contribution in [0.15, 0.2) is 29.2 Å². The molecule has 0 atom stereocenters. The molecule has 0 aliphatic carbocycles. The first-order chi connectivity index (χ1) is 12.2. The third-order valence-corrected chi connectivity index (χ3v) is 5.99. The minimum atomic E-state index is 0.151. The number of nitrogens with one attached hydrogen (secondary N) is 1. The summed E-state index contributed by atoms with van der Waals surface area (Å²) in [6, 6.07) is 8.49.